The van der Waals surface area contributed by atoms with Gasteiger partial charge < -0.3 is 10.3 Å². The number of nitrogens with zero attached hydrogens (tertiary/aromatic N) is 1. The summed E-state index contributed by atoms with van der Waals surface area (Å²) >= 11 is 0. The van der Waals surface area contributed by atoms with E-state index >= 15 is 0 Å². The standard InChI is InChI=1S/C11H17N3O/c1-8-6-10(14-11(15)13-8)7-9-2-4-12-5-3-9/h6,9,12H,2-5,7H2,1H3,(H,13,14,15). The monoisotopic (exact) mass is 207 g/mol. The number of aryl methyl sites for hydroxylation is 1. The molecular formula is C11H17N3O. The van der Waals surface area contributed by atoms with Crippen molar-refractivity contribution in [1.82, 2.24) is 15.3 Å². The van der Waals surface area contributed by atoms with E-state index in [-0.39, 0.29) is 5.69 Å². The van der Waals surface area contributed by atoms with E-state index in [1.54, 1.807) is 0 Å². The first-order valence-electron chi connectivity index (χ1n) is 5.51. The third-order valence-electron chi connectivity index (χ3n) is 2.89. The van der Waals surface area contributed by atoms with Gasteiger partial charge in [-0.15, -0.1) is 0 Å². The minimum Gasteiger partial charge on any atom is -0.317 e. The fourth-order valence-electron chi connectivity index (χ4n) is 2.13. The number of H-pyrrole nitrogens is 1. The summed E-state index contributed by atoms with van der Waals surface area (Å²) < 4.78 is 0. The van der Waals surface area contributed by atoms with Crippen molar-refractivity contribution in [3.63, 3.8) is 0 Å². The number of rotatable bonds is 2. The average Bonchev–Trinajstić information content (AvgIpc) is 2.17. The van der Waals surface area contributed by atoms with E-state index in [0.717, 1.165) is 30.9 Å². The van der Waals surface area contributed by atoms with Gasteiger partial charge in [0.1, 0.15) is 0 Å². The minimum absolute atomic E-state index is 0.223. The van der Waals surface area contributed by atoms with Gasteiger partial charge in [-0.2, -0.15) is 4.98 Å². The summed E-state index contributed by atoms with van der Waals surface area (Å²) in [7, 11) is 0. The van der Waals surface area contributed by atoms with E-state index in [1.165, 1.54) is 12.8 Å². The summed E-state index contributed by atoms with van der Waals surface area (Å²) in [6.45, 7) is 4.08. The number of piperidine rings is 1. The van der Waals surface area contributed by atoms with Crippen LogP contribution in [0.5, 0.6) is 0 Å². The van der Waals surface area contributed by atoms with Crippen molar-refractivity contribution in [3.8, 4) is 0 Å². The van der Waals surface area contributed by atoms with Crippen LogP contribution in [0.3, 0.4) is 0 Å². The number of aromatic nitrogens is 2. The van der Waals surface area contributed by atoms with Gasteiger partial charge in [-0.1, -0.05) is 0 Å². The van der Waals surface area contributed by atoms with Crippen LogP contribution >= 0.6 is 0 Å². The van der Waals surface area contributed by atoms with Crippen LogP contribution in [-0.4, -0.2) is 23.1 Å². The Kier molecular flexibility index (Phi) is 3.16. The summed E-state index contributed by atoms with van der Waals surface area (Å²) in [5.74, 6) is 0.681. The molecular weight excluding hydrogens is 190 g/mol. The SMILES string of the molecule is Cc1cc(CC2CCNCC2)nc(=O)[nH]1. The lowest BCUT2D eigenvalue weighted by atomic mass is 9.93. The molecule has 0 atom stereocenters. The molecule has 15 heavy (non-hydrogen) atoms. The van der Waals surface area contributed by atoms with Crippen LogP contribution in [0.15, 0.2) is 10.9 Å². The van der Waals surface area contributed by atoms with Crippen molar-refractivity contribution in [2.24, 2.45) is 5.92 Å². The van der Waals surface area contributed by atoms with Crippen LogP contribution in [0.4, 0.5) is 0 Å². The second-order valence-corrected chi connectivity index (χ2v) is 4.26. The fourth-order valence-corrected chi connectivity index (χ4v) is 2.13. The lowest BCUT2D eigenvalue weighted by Crippen LogP contribution is -2.29. The first-order chi connectivity index (χ1) is 7.24. The molecule has 0 bridgehead atoms. The Morgan fingerprint density at radius 3 is 2.87 bits per heavy atom. The first kappa shape index (κ1) is 10.4. The minimum atomic E-state index is -0.223. The lowest BCUT2D eigenvalue weighted by Gasteiger charge is -2.21. The first-order valence-corrected chi connectivity index (χ1v) is 5.51. The molecule has 1 aliphatic rings. The third kappa shape index (κ3) is 2.89. The van der Waals surface area contributed by atoms with Crippen molar-refractivity contribution in [1.29, 1.82) is 0 Å². The highest BCUT2D eigenvalue weighted by molar-refractivity contribution is 5.07. The molecule has 2 heterocycles. The fraction of sp³-hybridized carbons (Fsp3) is 0.636. The highest BCUT2D eigenvalue weighted by atomic mass is 16.1. The topological polar surface area (TPSA) is 57.8 Å². The third-order valence-corrected chi connectivity index (χ3v) is 2.89. The van der Waals surface area contributed by atoms with Crippen LogP contribution in [0.25, 0.3) is 0 Å². The Balaban J connectivity index is 2.06. The number of hydrogen-bond acceptors (Lipinski definition) is 3. The molecule has 1 aromatic rings. The zero-order valence-electron chi connectivity index (χ0n) is 9.05. The summed E-state index contributed by atoms with van der Waals surface area (Å²) in [6.07, 6.45) is 3.31. The van der Waals surface area contributed by atoms with Gasteiger partial charge in [-0.3, -0.25) is 0 Å². The van der Waals surface area contributed by atoms with E-state index in [0.29, 0.717) is 5.92 Å². The number of hydrogen-bond donors (Lipinski definition) is 2. The summed E-state index contributed by atoms with van der Waals surface area (Å²) in [5.41, 5.74) is 1.61. The Labute approximate surface area is 89.1 Å². The molecule has 0 amide bonds. The molecule has 1 aliphatic heterocycles. The molecule has 4 nitrogen and oxygen atoms in total. The normalized spacial score (nSPS) is 17.9. The molecule has 1 saturated heterocycles. The molecule has 4 heteroatoms. The number of nitrogens with one attached hydrogen (secondary N) is 2. The summed E-state index contributed by atoms with van der Waals surface area (Å²) in [5, 5.41) is 3.33. The Hall–Kier alpha value is -1.16. The second kappa shape index (κ2) is 4.57. The predicted molar refractivity (Wildman–Crippen MR) is 58.9 cm³/mol. The van der Waals surface area contributed by atoms with Crippen molar-refractivity contribution in [2.75, 3.05) is 13.1 Å². The van der Waals surface area contributed by atoms with Crippen molar-refractivity contribution < 1.29 is 0 Å². The maximum Gasteiger partial charge on any atom is 0.345 e. The van der Waals surface area contributed by atoms with Gasteiger partial charge in [-0.25, -0.2) is 4.79 Å². The van der Waals surface area contributed by atoms with Crippen LogP contribution in [0.1, 0.15) is 24.2 Å². The molecule has 2 N–H and O–H groups in total. The molecule has 1 fully saturated rings. The van der Waals surface area contributed by atoms with Crippen LogP contribution in [-0.2, 0) is 6.42 Å². The Morgan fingerprint density at radius 1 is 1.47 bits per heavy atom. The summed E-state index contributed by atoms with van der Waals surface area (Å²) in [6, 6.07) is 1.98. The van der Waals surface area contributed by atoms with Gasteiger partial charge in [0.2, 0.25) is 0 Å². The molecule has 0 saturated carbocycles. The highest BCUT2D eigenvalue weighted by Gasteiger charge is 2.14. The van der Waals surface area contributed by atoms with Crippen LogP contribution in [0, 0.1) is 12.8 Å². The Morgan fingerprint density at radius 2 is 2.20 bits per heavy atom. The van der Waals surface area contributed by atoms with E-state index in [1.807, 2.05) is 13.0 Å². The van der Waals surface area contributed by atoms with E-state index in [9.17, 15) is 4.79 Å². The van der Waals surface area contributed by atoms with E-state index in [4.69, 9.17) is 0 Å². The molecule has 0 aliphatic carbocycles. The molecule has 0 aromatic carbocycles. The van der Waals surface area contributed by atoms with Gasteiger partial charge in [0.05, 0.1) is 0 Å². The zero-order chi connectivity index (χ0) is 10.7. The maximum atomic E-state index is 11.2. The van der Waals surface area contributed by atoms with Gasteiger partial charge in [0, 0.05) is 11.4 Å². The quantitative estimate of drug-likeness (QED) is 0.747. The van der Waals surface area contributed by atoms with Gasteiger partial charge in [-0.05, 0) is 51.3 Å². The molecule has 2 rings (SSSR count). The molecule has 1 aromatic heterocycles. The zero-order valence-corrected chi connectivity index (χ0v) is 9.05. The second-order valence-electron chi connectivity index (χ2n) is 4.26. The molecule has 82 valence electrons. The maximum absolute atomic E-state index is 11.2. The summed E-state index contributed by atoms with van der Waals surface area (Å²) in [4.78, 5) is 17.8. The lowest BCUT2D eigenvalue weighted by molar-refractivity contribution is 0.369. The highest BCUT2D eigenvalue weighted by Crippen LogP contribution is 2.16. The molecule has 0 radical (unpaired) electrons. The predicted octanol–water partition coefficient (Wildman–Crippen LogP) is 0.620. The van der Waals surface area contributed by atoms with Gasteiger partial charge in [0.15, 0.2) is 0 Å². The van der Waals surface area contributed by atoms with Crippen LogP contribution < -0.4 is 11.0 Å². The van der Waals surface area contributed by atoms with Gasteiger partial charge in [0.25, 0.3) is 0 Å². The largest absolute Gasteiger partial charge is 0.345 e. The number of aromatic amines is 1. The van der Waals surface area contributed by atoms with E-state index in [2.05, 4.69) is 15.3 Å². The van der Waals surface area contributed by atoms with Crippen molar-refractivity contribution in [3.05, 3.63) is 27.9 Å². The Bertz CT molecular complexity index is 380. The van der Waals surface area contributed by atoms with Crippen molar-refractivity contribution >= 4 is 0 Å². The van der Waals surface area contributed by atoms with E-state index < -0.39 is 0 Å². The van der Waals surface area contributed by atoms with Gasteiger partial charge >= 0.3 is 5.69 Å². The smallest absolute Gasteiger partial charge is 0.317 e. The average molecular weight is 207 g/mol. The van der Waals surface area contributed by atoms with Crippen LogP contribution in [0.2, 0.25) is 0 Å². The molecule has 0 spiro atoms. The molecule has 0 unspecified atom stereocenters. The van der Waals surface area contributed by atoms with Crippen molar-refractivity contribution in [2.45, 2.75) is 26.2 Å².